The highest BCUT2D eigenvalue weighted by atomic mass is 16.5. The molecular formula is C21H28O2. The third-order valence-electron chi connectivity index (χ3n) is 4.24. The Bertz CT molecular complexity index is 563. The van der Waals surface area contributed by atoms with Crippen molar-refractivity contribution in [2.24, 2.45) is 0 Å². The first-order valence-electron chi connectivity index (χ1n) is 8.65. The molecule has 0 aliphatic heterocycles. The van der Waals surface area contributed by atoms with Gasteiger partial charge in [-0.1, -0.05) is 68.7 Å². The molecule has 0 saturated carbocycles. The number of aliphatic hydroxyl groups excluding tert-OH is 1. The van der Waals surface area contributed by atoms with E-state index in [4.69, 9.17) is 4.74 Å². The van der Waals surface area contributed by atoms with Gasteiger partial charge in [0.2, 0.25) is 0 Å². The molecule has 0 radical (unpaired) electrons. The first kappa shape index (κ1) is 17.6. The van der Waals surface area contributed by atoms with Crippen molar-refractivity contribution < 1.29 is 9.84 Å². The summed E-state index contributed by atoms with van der Waals surface area (Å²) in [6.07, 6.45) is 4.26. The minimum Gasteiger partial charge on any atom is -0.489 e. The fourth-order valence-corrected chi connectivity index (χ4v) is 2.88. The fourth-order valence-electron chi connectivity index (χ4n) is 2.88. The molecule has 0 amide bonds. The van der Waals surface area contributed by atoms with E-state index in [1.807, 2.05) is 37.3 Å². The Labute approximate surface area is 140 Å². The second-order valence-corrected chi connectivity index (χ2v) is 6.19. The van der Waals surface area contributed by atoms with Crippen molar-refractivity contribution in [2.45, 2.75) is 58.2 Å². The Morgan fingerprint density at radius 3 is 2.48 bits per heavy atom. The average Bonchev–Trinajstić information content (AvgIpc) is 2.58. The molecule has 0 spiro atoms. The molecule has 0 bridgehead atoms. The van der Waals surface area contributed by atoms with Crippen LogP contribution < -0.4 is 4.74 Å². The maximum atomic E-state index is 10.1. The quantitative estimate of drug-likeness (QED) is 0.636. The second-order valence-electron chi connectivity index (χ2n) is 6.19. The number of ether oxygens (including phenoxy) is 1. The summed E-state index contributed by atoms with van der Waals surface area (Å²) in [5, 5.41) is 10.1. The smallest absolute Gasteiger partial charge is 0.120 e. The van der Waals surface area contributed by atoms with Crippen molar-refractivity contribution in [3.8, 4) is 5.75 Å². The lowest BCUT2D eigenvalue weighted by molar-refractivity contribution is 0.155. The van der Waals surface area contributed by atoms with Crippen LogP contribution in [0, 0.1) is 0 Å². The van der Waals surface area contributed by atoms with Gasteiger partial charge in [-0.05, 0) is 36.6 Å². The van der Waals surface area contributed by atoms with Gasteiger partial charge in [0.1, 0.15) is 12.4 Å². The summed E-state index contributed by atoms with van der Waals surface area (Å²) in [6.45, 7) is 4.66. The van der Waals surface area contributed by atoms with Gasteiger partial charge in [0.15, 0.2) is 0 Å². The topological polar surface area (TPSA) is 29.5 Å². The maximum absolute atomic E-state index is 10.1. The number of benzene rings is 2. The first-order chi connectivity index (χ1) is 11.2. The zero-order valence-electron chi connectivity index (χ0n) is 14.2. The predicted molar refractivity (Wildman–Crippen MR) is 95.8 cm³/mol. The van der Waals surface area contributed by atoms with Crippen LogP contribution in [0.4, 0.5) is 0 Å². The van der Waals surface area contributed by atoms with Crippen LogP contribution in [0.2, 0.25) is 0 Å². The molecule has 0 aliphatic carbocycles. The molecule has 124 valence electrons. The van der Waals surface area contributed by atoms with E-state index in [1.54, 1.807) is 0 Å². The van der Waals surface area contributed by atoms with Crippen molar-refractivity contribution >= 4 is 0 Å². The third-order valence-corrected chi connectivity index (χ3v) is 4.24. The first-order valence-corrected chi connectivity index (χ1v) is 8.65. The van der Waals surface area contributed by atoms with E-state index in [1.165, 1.54) is 18.4 Å². The lowest BCUT2D eigenvalue weighted by atomic mass is 9.89. The molecule has 0 saturated heterocycles. The molecule has 0 fully saturated rings. The molecule has 0 heterocycles. The molecule has 2 nitrogen and oxygen atoms in total. The summed E-state index contributed by atoms with van der Waals surface area (Å²) in [7, 11) is 0. The van der Waals surface area contributed by atoms with Crippen LogP contribution in [-0.4, -0.2) is 11.2 Å². The number of rotatable bonds is 9. The summed E-state index contributed by atoms with van der Waals surface area (Å²) < 4.78 is 5.91. The van der Waals surface area contributed by atoms with Gasteiger partial charge in [0.25, 0.3) is 0 Å². The second kappa shape index (κ2) is 9.36. The number of aliphatic hydroxyl groups is 1. The van der Waals surface area contributed by atoms with Crippen LogP contribution in [0.3, 0.4) is 0 Å². The molecule has 23 heavy (non-hydrogen) atoms. The summed E-state index contributed by atoms with van der Waals surface area (Å²) in [6, 6.07) is 18.3. The number of unbranched alkanes of at least 4 members (excludes halogenated alkanes) is 2. The molecular weight excluding hydrogens is 284 g/mol. The Morgan fingerprint density at radius 1 is 1.00 bits per heavy atom. The largest absolute Gasteiger partial charge is 0.489 e. The van der Waals surface area contributed by atoms with E-state index in [2.05, 4.69) is 31.2 Å². The van der Waals surface area contributed by atoms with Crippen molar-refractivity contribution in [3.63, 3.8) is 0 Å². The molecule has 2 aromatic carbocycles. The fraction of sp³-hybridized carbons (Fsp3) is 0.429. The van der Waals surface area contributed by atoms with Gasteiger partial charge in [0.05, 0.1) is 6.10 Å². The minimum absolute atomic E-state index is 0.182. The lowest BCUT2D eigenvalue weighted by Crippen LogP contribution is -2.14. The monoisotopic (exact) mass is 312 g/mol. The van der Waals surface area contributed by atoms with E-state index in [0.29, 0.717) is 6.61 Å². The lowest BCUT2D eigenvalue weighted by Gasteiger charge is -2.21. The Morgan fingerprint density at radius 2 is 1.78 bits per heavy atom. The van der Waals surface area contributed by atoms with E-state index < -0.39 is 0 Å². The molecule has 2 atom stereocenters. The Balaban J connectivity index is 2.01. The predicted octanol–water partition coefficient (Wildman–Crippen LogP) is 5.31. The SMILES string of the molecule is CCCCCC(c1cccc(OCc2ccccc2)c1)C(C)O. The summed E-state index contributed by atoms with van der Waals surface area (Å²) in [5.41, 5.74) is 2.33. The van der Waals surface area contributed by atoms with Crippen LogP contribution >= 0.6 is 0 Å². The molecule has 1 N–H and O–H groups in total. The van der Waals surface area contributed by atoms with Gasteiger partial charge in [-0.25, -0.2) is 0 Å². The summed E-state index contributed by atoms with van der Waals surface area (Å²) in [5.74, 6) is 1.05. The summed E-state index contributed by atoms with van der Waals surface area (Å²) in [4.78, 5) is 0. The zero-order chi connectivity index (χ0) is 16.5. The number of hydrogen-bond donors (Lipinski definition) is 1. The average molecular weight is 312 g/mol. The van der Waals surface area contributed by atoms with Gasteiger partial charge in [-0.3, -0.25) is 0 Å². The Kier molecular flexibility index (Phi) is 7.15. The van der Waals surface area contributed by atoms with Gasteiger partial charge in [-0.15, -0.1) is 0 Å². The van der Waals surface area contributed by atoms with Crippen LogP contribution in [-0.2, 0) is 6.61 Å². The van der Waals surface area contributed by atoms with Gasteiger partial charge in [0, 0.05) is 5.92 Å². The maximum Gasteiger partial charge on any atom is 0.120 e. The van der Waals surface area contributed by atoms with Crippen molar-refractivity contribution in [1.29, 1.82) is 0 Å². The van der Waals surface area contributed by atoms with E-state index in [9.17, 15) is 5.11 Å². The van der Waals surface area contributed by atoms with Crippen LogP contribution in [0.15, 0.2) is 54.6 Å². The molecule has 2 unspecified atom stereocenters. The van der Waals surface area contributed by atoms with Crippen molar-refractivity contribution in [2.75, 3.05) is 0 Å². The van der Waals surface area contributed by atoms with Gasteiger partial charge in [-0.2, -0.15) is 0 Å². The highest BCUT2D eigenvalue weighted by molar-refractivity contribution is 5.31. The van der Waals surface area contributed by atoms with E-state index in [0.717, 1.165) is 24.2 Å². The highest BCUT2D eigenvalue weighted by Crippen LogP contribution is 2.29. The third kappa shape index (κ3) is 5.72. The Hall–Kier alpha value is -1.80. The van der Waals surface area contributed by atoms with Crippen molar-refractivity contribution in [3.05, 3.63) is 65.7 Å². The van der Waals surface area contributed by atoms with Crippen molar-refractivity contribution in [1.82, 2.24) is 0 Å². The zero-order valence-corrected chi connectivity index (χ0v) is 14.2. The standard InChI is InChI=1S/C21H28O2/c1-3-4-6-14-21(17(2)22)19-12-9-13-20(15-19)23-16-18-10-7-5-8-11-18/h5,7-13,15,17,21-22H,3-4,6,14,16H2,1-2H3. The van der Waals surface area contributed by atoms with Crippen LogP contribution in [0.5, 0.6) is 5.75 Å². The van der Waals surface area contributed by atoms with E-state index >= 15 is 0 Å². The molecule has 2 aromatic rings. The minimum atomic E-state index is -0.337. The number of hydrogen-bond acceptors (Lipinski definition) is 2. The highest BCUT2D eigenvalue weighted by Gasteiger charge is 2.17. The molecule has 0 aliphatic rings. The van der Waals surface area contributed by atoms with Crippen LogP contribution in [0.25, 0.3) is 0 Å². The molecule has 2 rings (SSSR count). The summed E-state index contributed by atoms with van der Waals surface area (Å²) >= 11 is 0. The normalized spacial score (nSPS) is 13.5. The van der Waals surface area contributed by atoms with Gasteiger partial charge < -0.3 is 9.84 Å². The van der Waals surface area contributed by atoms with Crippen LogP contribution in [0.1, 0.15) is 56.6 Å². The molecule has 0 aromatic heterocycles. The molecule has 2 heteroatoms. The van der Waals surface area contributed by atoms with Gasteiger partial charge >= 0.3 is 0 Å². The van der Waals surface area contributed by atoms with E-state index in [-0.39, 0.29) is 12.0 Å².